The number of carbonyl (C=O) groups excluding carboxylic acids is 6. The number of carbonyl (C=O) groups is 6. The lowest BCUT2D eigenvalue weighted by Gasteiger charge is -2.48. The molecule has 0 aliphatic heterocycles. The predicted octanol–water partition coefficient (Wildman–Crippen LogP) is 0.347. The van der Waals surface area contributed by atoms with E-state index in [0.29, 0.717) is 16.8 Å². The fraction of sp³-hybridized carbons (Fsp3) is 0.346. The van der Waals surface area contributed by atoms with Gasteiger partial charge in [0.05, 0.1) is 22.9 Å². The summed E-state index contributed by atoms with van der Waals surface area (Å²) in [6.07, 6.45) is 1.22. The van der Waals surface area contributed by atoms with Crippen molar-refractivity contribution >= 4 is 40.6 Å². The number of hydrogen-bond acceptors (Lipinski definition) is 9. The Morgan fingerprint density at radius 1 is 1.14 bits per heavy atom. The molecule has 2 amide bonds. The van der Waals surface area contributed by atoms with Crippen molar-refractivity contribution in [1.82, 2.24) is 4.98 Å². The van der Waals surface area contributed by atoms with Gasteiger partial charge in [-0.3, -0.25) is 33.8 Å². The lowest BCUT2D eigenvalue weighted by atomic mass is 9.53. The fourth-order valence-corrected chi connectivity index (χ4v) is 6.07. The molecule has 2 unspecified atom stereocenters. The van der Waals surface area contributed by atoms with Gasteiger partial charge >= 0.3 is 0 Å². The number of amides is 2. The normalized spacial score (nSPS) is 28.7. The maximum Gasteiger partial charge on any atom is 0.235 e. The summed E-state index contributed by atoms with van der Waals surface area (Å²) in [5, 5.41) is 24.8. The van der Waals surface area contributed by atoms with Crippen molar-refractivity contribution in [3.8, 4) is 17.0 Å². The molecule has 1 heterocycles. The molecule has 5 rings (SSSR count). The van der Waals surface area contributed by atoms with E-state index in [4.69, 9.17) is 5.73 Å². The van der Waals surface area contributed by atoms with E-state index in [0.717, 1.165) is 0 Å². The van der Waals surface area contributed by atoms with Crippen molar-refractivity contribution < 1.29 is 39.0 Å². The van der Waals surface area contributed by atoms with E-state index in [2.05, 4.69) is 10.3 Å². The van der Waals surface area contributed by atoms with Gasteiger partial charge in [0, 0.05) is 31.0 Å². The van der Waals surface area contributed by atoms with Gasteiger partial charge in [0.1, 0.15) is 5.75 Å². The lowest BCUT2D eigenvalue weighted by Crippen LogP contribution is -2.68. The Balaban J connectivity index is 1.67. The first-order valence-electron chi connectivity index (χ1n) is 11.7. The molecule has 37 heavy (non-hydrogen) atoms. The van der Waals surface area contributed by atoms with Crippen molar-refractivity contribution in [2.24, 2.45) is 29.4 Å². The van der Waals surface area contributed by atoms with Gasteiger partial charge in [0.2, 0.25) is 11.8 Å². The molecular weight excluding hydrogens is 482 g/mol. The minimum atomic E-state index is -2.73. The highest BCUT2D eigenvalue weighted by Gasteiger charge is 2.66. The van der Waals surface area contributed by atoms with Crippen LogP contribution in [0.25, 0.3) is 11.3 Å². The summed E-state index contributed by atoms with van der Waals surface area (Å²) in [5.74, 6) is -11.6. The summed E-state index contributed by atoms with van der Waals surface area (Å²) in [5.41, 5.74) is 3.52. The minimum absolute atomic E-state index is 0.0169. The maximum atomic E-state index is 13.8. The number of nitrogens with zero attached hydrogens (tertiary/aromatic N) is 1. The zero-order valence-corrected chi connectivity index (χ0v) is 19.7. The summed E-state index contributed by atoms with van der Waals surface area (Å²) in [7, 11) is 0. The summed E-state index contributed by atoms with van der Waals surface area (Å²) >= 11 is 0. The number of nitrogens with two attached hydrogens (primary N) is 1. The number of pyridine rings is 1. The number of phenolic OH excluding ortho intramolecular Hbond substituents is 1. The summed E-state index contributed by atoms with van der Waals surface area (Å²) in [6.45, 7) is 1.22. The van der Waals surface area contributed by atoms with Gasteiger partial charge in [-0.15, -0.1) is 0 Å². The van der Waals surface area contributed by atoms with E-state index in [1.165, 1.54) is 13.0 Å². The number of anilines is 1. The summed E-state index contributed by atoms with van der Waals surface area (Å²) in [6, 6.07) is 6.61. The molecule has 0 spiro atoms. The van der Waals surface area contributed by atoms with Crippen LogP contribution in [0.15, 0.2) is 30.5 Å². The summed E-state index contributed by atoms with van der Waals surface area (Å²) in [4.78, 5) is 80.9. The minimum Gasteiger partial charge on any atom is -0.505 e. The third-order valence-electron chi connectivity index (χ3n) is 7.65. The van der Waals surface area contributed by atoms with Crippen LogP contribution in [0, 0.1) is 23.7 Å². The maximum absolute atomic E-state index is 13.8. The predicted molar refractivity (Wildman–Crippen MR) is 126 cm³/mol. The van der Waals surface area contributed by atoms with E-state index in [1.807, 2.05) is 0 Å². The van der Waals surface area contributed by atoms with Crippen LogP contribution in [0.2, 0.25) is 0 Å². The first-order chi connectivity index (χ1) is 17.5. The van der Waals surface area contributed by atoms with E-state index in [1.54, 1.807) is 24.4 Å². The van der Waals surface area contributed by atoms with Crippen molar-refractivity contribution in [3.63, 3.8) is 0 Å². The molecule has 3 aliphatic carbocycles. The molecule has 0 bridgehead atoms. The third kappa shape index (κ3) is 3.49. The lowest BCUT2D eigenvalue weighted by molar-refractivity contribution is -0.175. The Kier molecular flexibility index (Phi) is 5.56. The second kappa shape index (κ2) is 8.41. The molecule has 1 aromatic heterocycles. The molecule has 2 fully saturated rings. The number of aromatic hydroxyl groups is 1. The molecular formula is C26H23N3O8. The van der Waals surface area contributed by atoms with Crippen LogP contribution >= 0.6 is 0 Å². The number of primary amides is 1. The molecule has 3 aliphatic rings. The Hall–Kier alpha value is -4.25. The molecule has 0 radical (unpaired) electrons. The van der Waals surface area contributed by atoms with Gasteiger partial charge in [-0.1, -0.05) is 6.07 Å². The molecule has 11 nitrogen and oxygen atoms in total. The van der Waals surface area contributed by atoms with Crippen molar-refractivity contribution in [1.29, 1.82) is 0 Å². The SMILES string of the molecule is CC(=O)Nc1cc(-c2ccccn2)c2c(c1O)C(=O)C1C(=O)[C@]3(O)C(=O)C(C(N)=O)C(=O)C[C@@H]3C[C@@H]1C2. The first kappa shape index (κ1) is 24.4. The molecule has 0 saturated heterocycles. The number of fused-ring (bicyclic) bond motifs is 3. The Morgan fingerprint density at radius 2 is 1.86 bits per heavy atom. The second-order valence-corrected chi connectivity index (χ2v) is 9.81. The van der Waals surface area contributed by atoms with E-state index in [9.17, 15) is 39.0 Å². The molecule has 11 heteroatoms. The van der Waals surface area contributed by atoms with Crippen LogP contribution in [-0.4, -0.2) is 55.7 Å². The standard InChI is InChI=1S/C26H23N3O8/c1-10(30)29-16-9-13(15-4-2-3-5-28-15)14-7-11-6-12-8-17(31)20(25(27)36)24(35)26(12,37)23(34)18(11)22(33)19(14)21(16)32/h2-5,9,11-12,18,20,32,37H,6-8H2,1H3,(H2,27,36)(H,29,30)/t11-,12+,18?,20?,26+/m1/s1. The second-order valence-electron chi connectivity index (χ2n) is 9.81. The van der Waals surface area contributed by atoms with Crippen LogP contribution in [0.5, 0.6) is 5.75 Å². The third-order valence-corrected chi connectivity index (χ3v) is 7.65. The average Bonchev–Trinajstić information content (AvgIpc) is 2.83. The van der Waals surface area contributed by atoms with Gasteiger partial charge in [-0.05, 0) is 42.5 Å². The Labute approximate surface area is 210 Å². The highest BCUT2D eigenvalue weighted by molar-refractivity contribution is 6.31. The summed E-state index contributed by atoms with van der Waals surface area (Å²) < 4.78 is 0. The molecule has 2 aromatic rings. The van der Waals surface area contributed by atoms with Crippen LogP contribution in [-0.2, 0) is 30.4 Å². The highest BCUT2D eigenvalue weighted by Crippen LogP contribution is 2.52. The molecule has 5 atom stereocenters. The topological polar surface area (TPSA) is 194 Å². The Morgan fingerprint density at radius 3 is 2.49 bits per heavy atom. The van der Waals surface area contributed by atoms with Crippen molar-refractivity contribution in [2.45, 2.75) is 31.8 Å². The largest absolute Gasteiger partial charge is 0.505 e. The quantitative estimate of drug-likeness (QED) is 0.336. The highest BCUT2D eigenvalue weighted by atomic mass is 16.3. The monoisotopic (exact) mass is 505 g/mol. The van der Waals surface area contributed by atoms with E-state index < -0.39 is 76.4 Å². The number of aromatic nitrogens is 1. The zero-order chi connectivity index (χ0) is 26.8. The molecule has 190 valence electrons. The smallest absolute Gasteiger partial charge is 0.235 e. The molecule has 5 N–H and O–H groups in total. The number of ketones is 4. The molecule has 2 saturated carbocycles. The van der Waals surface area contributed by atoms with Gasteiger partial charge < -0.3 is 21.3 Å². The van der Waals surface area contributed by atoms with Gasteiger partial charge in [0.15, 0.2) is 34.7 Å². The number of phenols is 1. The van der Waals surface area contributed by atoms with Gasteiger partial charge in [0.25, 0.3) is 0 Å². The number of benzene rings is 1. The number of nitrogens with one attached hydrogen (secondary N) is 1. The number of aliphatic hydroxyl groups is 1. The van der Waals surface area contributed by atoms with Crippen LogP contribution in [0.4, 0.5) is 5.69 Å². The van der Waals surface area contributed by atoms with Crippen molar-refractivity contribution in [2.75, 3.05) is 5.32 Å². The van der Waals surface area contributed by atoms with E-state index in [-0.39, 0.29) is 24.1 Å². The fourth-order valence-electron chi connectivity index (χ4n) is 6.07. The Bertz CT molecular complexity index is 1420. The average molecular weight is 505 g/mol. The first-order valence-corrected chi connectivity index (χ1v) is 11.7. The zero-order valence-electron chi connectivity index (χ0n) is 19.7. The van der Waals surface area contributed by atoms with Crippen LogP contribution in [0.3, 0.4) is 0 Å². The van der Waals surface area contributed by atoms with Crippen LogP contribution in [0.1, 0.15) is 35.7 Å². The van der Waals surface area contributed by atoms with Crippen molar-refractivity contribution in [3.05, 3.63) is 41.6 Å². The number of rotatable bonds is 3. The number of Topliss-reactive ketones (excluding diaryl/α,β-unsaturated/α-hetero) is 4. The number of hydrogen-bond donors (Lipinski definition) is 4. The molecule has 1 aromatic carbocycles. The van der Waals surface area contributed by atoms with Gasteiger partial charge in [-0.2, -0.15) is 0 Å². The van der Waals surface area contributed by atoms with Crippen LogP contribution < -0.4 is 11.1 Å². The van der Waals surface area contributed by atoms with E-state index >= 15 is 0 Å². The van der Waals surface area contributed by atoms with Gasteiger partial charge in [-0.25, -0.2) is 0 Å².